The first-order valence-electron chi connectivity index (χ1n) is 1.01. The van der Waals surface area contributed by atoms with E-state index in [0.29, 0.717) is 0 Å². The third-order valence-electron chi connectivity index (χ3n) is 0. The molecule has 2 heteroatoms. The van der Waals surface area contributed by atoms with Crippen molar-refractivity contribution in [3.05, 3.63) is 0 Å². The van der Waals surface area contributed by atoms with Crippen molar-refractivity contribution in [2.45, 2.75) is 11.2 Å². The summed E-state index contributed by atoms with van der Waals surface area (Å²) in [6.45, 7) is 1.85. The van der Waals surface area contributed by atoms with Gasteiger partial charge in [0.1, 0.15) is 0 Å². The molecule has 0 aromatic heterocycles. The summed E-state index contributed by atoms with van der Waals surface area (Å²) in [5, 5.41) is 0. The molecular weight excluding hydrogens is 139 g/mol. The van der Waals surface area contributed by atoms with Crippen LogP contribution in [-0.2, 0) is 0 Å². The predicted octanol–water partition coefficient (Wildman–Crippen LogP) is 1.97. The molecule has 0 spiro atoms. The summed E-state index contributed by atoms with van der Waals surface area (Å²) >= 11 is 8.23. The van der Waals surface area contributed by atoms with Gasteiger partial charge in [0.05, 0.1) is 4.29 Å². The third kappa shape index (κ3) is 14.6. The predicted molar refractivity (Wildman–Crippen MR) is 24.2 cm³/mol. The van der Waals surface area contributed by atoms with Crippen LogP contribution in [0.4, 0.5) is 0 Å². The van der Waals surface area contributed by atoms with E-state index in [-0.39, 0.29) is 4.29 Å². The van der Waals surface area contributed by atoms with Crippen LogP contribution >= 0.6 is 27.5 Å². The van der Waals surface area contributed by atoms with Crippen LogP contribution in [-0.4, -0.2) is 4.29 Å². The molecule has 0 radical (unpaired) electrons. The molecule has 0 saturated carbocycles. The molecule has 1 atom stereocenters. The Bertz CT molecular complexity index is 10.8. The van der Waals surface area contributed by atoms with E-state index in [1.54, 1.807) is 0 Å². The number of hydrogen-bond donors (Lipinski definition) is 0. The highest BCUT2D eigenvalue weighted by molar-refractivity contribution is 9.10. The lowest BCUT2D eigenvalue weighted by molar-refractivity contribution is 1.44. The number of halogens is 2. The second-order valence-corrected chi connectivity index (χ2v) is 3.07. The third-order valence-corrected chi connectivity index (χ3v) is 0. The molecule has 0 aliphatic heterocycles. The van der Waals surface area contributed by atoms with Crippen LogP contribution in [0.3, 0.4) is 0 Å². The monoisotopic (exact) mass is 142 g/mol. The maximum atomic E-state index is 5.19. The van der Waals surface area contributed by atoms with Gasteiger partial charge in [0.2, 0.25) is 0 Å². The quantitative estimate of drug-likeness (QED) is 0.455. The van der Waals surface area contributed by atoms with Crippen LogP contribution in [0.2, 0.25) is 0 Å². The standard InChI is InChI=1S/C2H4BrCl/c1-2(3)4/h2H,1H3/t2-/m0/s1. The SMILES string of the molecule is C[C@H](Cl)Br. The zero-order valence-corrected chi connectivity index (χ0v) is 4.68. The normalized spacial score (nSPS) is 15.8. The van der Waals surface area contributed by atoms with Crippen LogP contribution in [0.1, 0.15) is 6.92 Å². The topological polar surface area (TPSA) is 0 Å². The van der Waals surface area contributed by atoms with Crippen molar-refractivity contribution in [1.29, 1.82) is 0 Å². The van der Waals surface area contributed by atoms with Crippen LogP contribution in [0.25, 0.3) is 0 Å². The van der Waals surface area contributed by atoms with Gasteiger partial charge in [-0.3, -0.25) is 0 Å². The molecule has 0 amide bonds. The lowest BCUT2D eigenvalue weighted by Crippen LogP contribution is -1.61. The largest absolute Gasteiger partial charge is 0.111 e. The molecule has 0 heterocycles. The van der Waals surface area contributed by atoms with Gasteiger partial charge >= 0.3 is 0 Å². The van der Waals surface area contributed by atoms with Gasteiger partial charge < -0.3 is 0 Å². The van der Waals surface area contributed by atoms with E-state index in [4.69, 9.17) is 11.6 Å². The van der Waals surface area contributed by atoms with Gasteiger partial charge in [0, 0.05) is 0 Å². The molecule has 0 bridgehead atoms. The van der Waals surface area contributed by atoms with Gasteiger partial charge in [-0.2, -0.15) is 0 Å². The van der Waals surface area contributed by atoms with Crippen LogP contribution in [0, 0.1) is 0 Å². The molecule has 0 aliphatic rings. The molecule has 4 heavy (non-hydrogen) atoms. The van der Waals surface area contributed by atoms with E-state index < -0.39 is 0 Å². The fourth-order valence-electron chi connectivity index (χ4n) is 0. The van der Waals surface area contributed by atoms with Gasteiger partial charge in [-0.15, -0.1) is 11.6 Å². The maximum absolute atomic E-state index is 5.19. The smallest absolute Gasteiger partial charge is 0.0858 e. The van der Waals surface area contributed by atoms with E-state index in [0.717, 1.165) is 0 Å². The first-order valence-corrected chi connectivity index (χ1v) is 2.37. The maximum Gasteiger partial charge on any atom is 0.0858 e. The summed E-state index contributed by atoms with van der Waals surface area (Å²) in [5.74, 6) is 0. The highest BCUT2D eigenvalue weighted by Gasteiger charge is 1.74. The van der Waals surface area contributed by atoms with Gasteiger partial charge in [-0.05, 0) is 6.92 Å². The summed E-state index contributed by atoms with van der Waals surface area (Å²) in [4.78, 5) is 0. The zero-order chi connectivity index (χ0) is 3.58. The Morgan fingerprint density at radius 1 is 2.00 bits per heavy atom. The van der Waals surface area contributed by atoms with Gasteiger partial charge in [-0.1, -0.05) is 15.9 Å². The van der Waals surface area contributed by atoms with Crippen molar-refractivity contribution < 1.29 is 0 Å². The molecule has 0 unspecified atom stereocenters. The molecular formula is C2H4BrCl. The number of rotatable bonds is 0. The fourth-order valence-corrected chi connectivity index (χ4v) is 0. The summed E-state index contributed by atoms with van der Waals surface area (Å²) in [6, 6.07) is 0. The van der Waals surface area contributed by atoms with Crippen molar-refractivity contribution in [1.82, 2.24) is 0 Å². The molecule has 0 aromatic carbocycles. The van der Waals surface area contributed by atoms with E-state index in [1.165, 1.54) is 0 Å². The molecule has 0 N–H and O–H groups in total. The average molecular weight is 143 g/mol. The van der Waals surface area contributed by atoms with Crippen molar-refractivity contribution in [3.63, 3.8) is 0 Å². The van der Waals surface area contributed by atoms with Gasteiger partial charge in [-0.25, -0.2) is 0 Å². The first-order chi connectivity index (χ1) is 1.73. The van der Waals surface area contributed by atoms with Crippen molar-refractivity contribution in [2.75, 3.05) is 0 Å². The van der Waals surface area contributed by atoms with E-state index in [9.17, 15) is 0 Å². The van der Waals surface area contributed by atoms with E-state index in [2.05, 4.69) is 15.9 Å². The number of hydrogen-bond acceptors (Lipinski definition) is 0. The Labute approximate surface area is 39.3 Å². The van der Waals surface area contributed by atoms with Crippen molar-refractivity contribution in [2.24, 2.45) is 0 Å². The Morgan fingerprint density at radius 2 is 2.00 bits per heavy atom. The average Bonchev–Trinajstić information content (AvgIpc) is 0.811. The number of alkyl halides is 2. The van der Waals surface area contributed by atoms with E-state index in [1.807, 2.05) is 6.92 Å². The minimum atomic E-state index is 0.118. The summed E-state index contributed by atoms with van der Waals surface area (Å²) in [5.41, 5.74) is 0. The minimum absolute atomic E-state index is 0.118. The Morgan fingerprint density at radius 3 is 2.00 bits per heavy atom. The van der Waals surface area contributed by atoms with Crippen LogP contribution in [0.5, 0.6) is 0 Å². The Kier molecular flexibility index (Phi) is 2.43. The lowest BCUT2D eigenvalue weighted by Gasteiger charge is -1.73. The Balaban J connectivity index is 2.32. The van der Waals surface area contributed by atoms with Crippen LogP contribution in [0.15, 0.2) is 0 Å². The van der Waals surface area contributed by atoms with Crippen LogP contribution < -0.4 is 0 Å². The summed E-state index contributed by atoms with van der Waals surface area (Å²) < 4.78 is 0.118. The molecule has 0 saturated heterocycles. The summed E-state index contributed by atoms with van der Waals surface area (Å²) in [6.07, 6.45) is 0. The molecule has 26 valence electrons. The highest BCUT2D eigenvalue weighted by atomic mass is 79.9. The second-order valence-electron chi connectivity index (χ2n) is 0.519. The van der Waals surface area contributed by atoms with Crippen molar-refractivity contribution >= 4 is 27.5 Å². The Hall–Kier alpha value is 0.770. The minimum Gasteiger partial charge on any atom is -0.111 e. The molecule has 0 nitrogen and oxygen atoms in total. The molecule has 0 aliphatic carbocycles. The molecule has 0 fully saturated rings. The van der Waals surface area contributed by atoms with Crippen molar-refractivity contribution in [3.8, 4) is 0 Å². The second kappa shape index (κ2) is 2.04. The van der Waals surface area contributed by atoms with Gasteiger partial charge in [0.25, 0.3) is 0 Å². The summed E-state index contributed by atoms with van der Waals surface area (Å²) in [7, 11) is 0. The van der Waals surface area contributed by atoms with Gasteiger partial charge in [0.15, 0.2) is 0 Å². The highest BCUT2D eigenvalue weighted by Crippen LogP contribution is 1.99. The first kappa shape index (κ1) is 4.77. The molecule has 0 rings (SSSR count). The van der Waals surface area contributed by atoms with E-state index >= 15 is 0 Å². The lowest BCUT2D eigenvalue weighted by atomic mass is 11.0. The molecule has 0 aromatic rings. The fraction of sp³-hybridized carbons (Fsp3) is 1.00. The zero-order valence-electron chi connectivity index (χ0n) is 2.33.